The molecule has 0 saturated carbocycles. The molecule has 0 aliphatic carbocycles. The Balaban J connectivity index is 1.70. The molecule has 2 heterocycles. The number of H-pyrrole nitrogens is 1. The van der Waals surface area contributed by atoms with E-state index in [-0.39, 0.29) is 11.1 Å². The maximum Gasteiger partial charge on any atom is 0.308 e. The summed E-state index contributed by atoms with van der Waals surface area (Å²) in [4.78, 5) is 7.95. The Labute approximate surface area is 180 Å². The topological polar surface area (TPSA) is 64.8 Å². The third-order valence-corrected chi connectivity index (χ3v) is 5.37. The van der Waals surface area contributed by atoms with Crippen LogP contribution >= 0.6 is 11.6 Å². The average Bonchev–Trinajstić information content (AvgIpc) is 3.16. The number of halogens is 1. The second kappa shape index (κ2) is 8.76. The lowest BCUT2D eigenvalue weighted by atomic mass is 10.1. The molecule has 4 aromatic rings. The van der Waals surface area contributed by atoms with Crippen molar-refractivity contribution in [3.63, 3.8) is 0 Å². The van der Waals surface area contributed by atoms with Crippen LogP contribution < -0.4 is 9.47 Å². The standard InChI is InChI=1S/C24H24ClN3O2/c1-16(2)12-22-24(30-15-17-8-4-3-5-9-17)27-21(23(25)28(22)29)13-18-14-26-20-11-7-6-10-19(18)20/h3-11,14,16,26H,12-13,15H2,1-2H3. The second-order valence-corrected chi connectivity index (χ2v) is 8.16. The van der Waals surface area contributed by atoms with Crippen LogP contribution in [0.1, 0.15) is 36.4 Å². The van der Waals surface area contributed by atoms with E-state index in [9.17, 15) is 5.21 Å². The van der Waals surface area contributed by atoms with Crippen molar-refractivity contribution in [1.29, 1.82) is 0 Å². The van der Waals surface area contributed by atoms with Crippen LogP contribution in [0.5, 0.6) is 5.88 Å². The van der Waals surface area contributed by atoms with E-state index in [1.807, 2.05) is 60.8 Å². The van der Waals surface area contributed by atoms with Gasteiger partial charge in [-0.1, -0.05) is 62.4 Å². The molecule has 5 nitrogen and oxygen atoms in total. The molecule has 0 aliphatic heterocycles. The first-order valence-electron chi connectivity index (χ1n) is 10.1. The van der Waals surface area contributed by atoms with Gasteiger partial charge in [0.15, 0.2) is 0 Å². The molecule has 2 aromatic heterocycles. The smallest absolute Gasteiger partial charge is 0.308 e. The number of benzene rings is 2. The molecule has 154 valence electrons. The Morgan fingerprint density at radius 2 is 1.83 bits per heavy atom. The lowest BCUT2D eigenvalue weighted by molar-refractivity contribution is -0.613. The van der Waals surface area contributed by atoms with Gasteiger partial charge in [0.2, 0.25) is 0 Å². The maximum atomic E-state index is 13.0. The lowest BCUT2D eigenvalue weighted by Crippen LogP contribution is -2.36. The number of rotatable bonds is 7. The Morgan fingerprint density at radius 1 is 1.10 bits per heavy atom. The summed E-state index contributed by atoms with van der Waals surface area (Å²) < 4.78 is 6.79. The first-order valence-corrected chi connectivity index (χ1v) is 10.4. The van der Waals surface area contributed by atoms with Crippen LogP contribution in [-0.2, 0) is 19.4 Å². The van der Waals surface area contributed by atoms with Crippen molar-refractivity contribution in [2.45, 2.75) is 33.3 Å². The van der Waals surface area contributed by atoms with Gasteiger partial charge in [0, 0.05) is 29.9 Å². The minimum absolute atomic E-state index is 0.1000. The molecule has 0 bridgehead atoms. The van der Waals surface area contributed by atoms with E-state index in [1.165, 1.54) is 0 Å². The molecular weight excluding hydrogens is 398 g/mol. The van der Waals surface area contributed by atoms with Crippen LogP contribution in [0.25, 0.3) is 10.9 Å². The number of nitrogens with zero attached hydrogens (tertiary/aromatic N) is 2. The number of para-hydroxylation sites is 1. The largest absolute Gasteiger partial charge is 0.617 e. The van der Waals surface area contributed by atoms with Gasteiger partial charge in [0.1, 0.15) is 12.3 Å². The summed E-state index contributed by atoms with van der Waals surface area (Å²) in [6, 6.07) is 17.9. The number of fused-ring (bicyclic) bond motifs is 1. The summed E-state index contributed by atoms with van der Waals surface area (Å²) in [5.41, 5.74) is 4.06. The average molecular weight is 422 g/mol. The maximum absolute atomic E-state index is 13.0. The third kappa shape index (κ3) is 4.26. The minimum Gasteiger partial charge on any atom is -0.617 e. The van der Waals surface area contributed by atoms with Crippen molar-refractivity contribution in [2.24, 2.45) is 5.92 Å². The number of hydrogen-bond donors (Lipinski definition) is 1. The Morgan fingerprint density at radius 3 is 2.60 bits per heavy atom. The third-order valence-electron chi connectivity index (χ3n) is 5.00. The van der Waals surface area contributed by atoms with Crippen molar-refractivity contribution in [2.75, 3.05) is 0 Å². The van der Waals surface area contributed by atoms with E-state index in [0.717, 1.165) is 26.8 Å². The molecule has 0 radical (unpaired) electrons. The van der Waals surface area contributed by atoms with Gasteiger partial charge in [-0.25, -0.2) is 4.98 Å². The number of hydrogen-bond acceptors (Lipinski definition) is 3. The molecule has 30 heavy (non-hydrogen) atoms. The van der Waals surface area contributed by atoms with Gasteiger partial charge in [0.05, 0.1) is 0 Å². The predicted octanol–water partition coefficient (Wildman–Crippen LogP) is 5.22. The van der Waals surface area contributed by atoms with E-state index in [2.05, 4.69) is 18.8 Å². The monoisotopic (exact) mass is 421 g/mol. The second-order valence-electron chi connectivity index (χ2n) is 7.80. The van der Waals surface area contributed by atoms with Crippen molar-refractivity contribution in [1.82, 2.24) is 9.97 Å². The summed E-state index contributed by atoms with van der Waals surface area (Å²) in [5, 5.41) is 14.2. The molecule has 6 heteroatoms. The Hall–Kier alpha value is -3.05. The molecule has 4 rings (SSSR count). The Bertz CT molecular complexity index is 1160. The number of nitrogens with one attached hydrogen (secondary N) is 1. The molecule has 0 spiro atoms. The molecule has 2 aromatic carbocycles. The number of ether oxygens (including phenoxy) is 1. The zero-order valence-electron chi connectivity index (χ0n) is 17.1. The highest BCUT2D eigenvalue weighted by Gasteiger charge is 2.25. The van der Waals surface area contributed by atoms with Crippen LogP contribution in [0.4, 0.5) is 0 Å². The zero-order valence-corrected chi connectivity index (χ0v) is 17.8. The van der Waals surface area contributed by atoms with Crippen LogP contribution in [0.2, 0.25) is 5.15 Å². The van der Waals surface area contributed by atoms with Gasteiger partial charge in [0.25, 0.3) is 11.6 Å². The fourth-order valence-electron chi connectivity index (χ4n) is 3.52. The molecule has 1 N–H and O–H groups in total. The summed E-state index contributed by atoms with van der Waals surface area (Å²) in [6.07, 6.45) is 2.91. The molecule has 0 unspecified atom stereocenters. The number of aromatic amines is 1. The fourth-order valence-corrected chi connectivity index (χ4v) is 3.74. The zero-order chi connectivity index (χ0) is 21.1. The van der Waals surface area contributed by atoms with Gasteiger partial charge in [-0.3, -0.25) is 0 Å². The van der Waals surface area contributed by atoms with Crippen molar-refractivity contribution in [3.8, 4) is 5.88 Å². The first kappa shape index (κ1) is 20.2. The van der Waals surface area contributed by atoms with Gasteiger partial charge >= 0.3 is 5.15 Å². The van der Waals surface area contributed by atoms with E-state index in [4.69, 9.17) is 21.3 Å². The molecule has 0 fully saturated rings. The van der Waals surface area contributed by atoms with E-state index < -0.39 is 0 Å². The summed E-state index contributed by atoms with van der Waals surface area (Å²) in [6.45, 7) is 4.44. The normalized spacial score (nSPS) is 11.3. The first-order chi connectivity index (χ1) is 14.5. The van der Waals surface area contributed by atoms with Gasteiger partial charge in [-0.2, -0.15) is 4.73 Å². The van der Waals surface area contributed by atoms with E-state index in [1.54, 1.807) is 0 Å². The Kier molecular flexibility index (Phi) is 5.91. The highest BCUT2D eigenvalue weighted by molar-refractivity contribution is 6.29. The molecular formula is C24H24ClN3O2. The van der Waals surface area contributed by atoms with Crippen LogP contribution in [0.15, 0.2) is 60.8 Å². The summed E-state index contributed by atoms with van der Waals surface area (Å²) in [5.74, 6) is 0.614. The highest BCUT2D eigenvalue weighted by atomic mass is 35.5. The SMILES string of the molecule is CC(C)Cc1c(OCc2ccccc2)nc(Cc2c[nH]c3ccccc23)c(Cl)[n+]1[O-]. The van der Waals surface area contributed by atoms with Crippen molar-refractivity contribution in [3.05, 3.63) is 93.7 Å². The molecule has 0 amide bonds. The van der Waals surface area contributed by atoms with E-state index >= 15 is 0 Å². The van der Waals surface area contributed by atoms with Crippen molar-refractivity contribution >= 4 is 22.5 Å². The van der Waals surface area contributed by atoms with Gasteiger partial charge in [-0.05, 0) is 34.7 Å². The quantitative estimate of drug-likeness (QED) is 0.328. The van der Waals surface area contributed by atoms with Gasteiger partial charge < -0.3 is 14.9 Å². The number of aromatic nitrogens is 3. The van der Waals surface area contributed by atoms with Gasteiger partial charge in [-0.15, -0.1) is 0 Å². The molecule has 0 saturated heterocycles. The summed E-state index contributed by atoms with van der Waals surface area (Å²) in [7, 11) is 0. The van der Waals surface area contributed by atoms with Crippen LogP contribution in [0, 0.1) is 11.1 Å². The fraction of sp³-hybridized carbons (Fsp3) is 0.250. The lowest BCUT2D eigenvalue weighted by Gasteiger charge is -2.15. The summed E-state index contributed by atoms with van der Waals surface area (Å²) >= 11 is 6.46. The van der Waals surface area contributed by atoms with Crippen molar-refractivity contribution < 1.29 is 9.47 Å². The molecule has 0 aliphatic rings. The molecule has 0 atom stereocenters. The predicted molar refractivity (Wildman–Crippen MR) is 119 cm³/mol. The minimum atomic E-state index is 0.1000. The van der Waals surface area contributed by atoms with Crippen LogP contribution in [-0.4, -0.2) is 9.97 Å². The van der Waals surface area contributed by atoms with Crippen LogP contribution in [0.3, 0.4) is 0 Å². The highest BCUT2D eigenvalue weighted by Crippen LogP contribution is 2.26. The van der Waals surface area contributed by atoms with E-state index in [0.29, 0.717) is 36.7 Å².